The van der Waals surface area contributed by atoms with Crippen molar-refractivity contribution in [1.29, 1.82) is 0 Å². The van der Waals surface area contributed by atoms with Gasteiger partial charge in [0.15, 0.2) is 5.82 Å². The molecule has 0 spiro atoms. The summed E-state index contributed by atoms with van der Waals surface area (Å²) in [6, 6.07) is 5.67. The van der Waals surface area contributed by atoms with Crippen molar-refractivity contribution in [3.63, 3.8) is 0 Å². The summed E-state index contributed by atoms with van der Waals surface area (Å²) in [7, 11) is 0. The fourth-order valence-corrected chi connectivity index (χ4v) is 4.60. The number of hydrogen-bond acceptors (Lipinski definition) is 12. The van der Waals surface area contributed by atoms with E-state index in [9.17, 15) is 15.0 Å². The summed E-state index contributed by atoms with van der Waals surface area (Å²) in [5, 5.41) is 26.8. The first kappa shape index (κ1) is 26.7. The molecule has 0 amide bonds. The van der Waals surface area contributed by atoms with Gasteiger partial charge in [0.2, 0.25) is 0 Å². The zero-order valence-corrected chi connectivity index (χ0v) is 21.1. The first-order chi connectivity index (χ1) is 19.5. The van der Waals surface area contributed by atoms with E-state index in [4.69, 9.17) is 10.5 Å². The van der Waals surface area contributed by atoms with E-state index < -0.39 is 23.5 Å². The molecule has 4 heterocycles. The average Bonchev–Trinajstić information content (AvgIpc) is 3.01. The van der Waals surface area contributed by atoms with Gasteiger partial charge in [-0.15, -0.1) is 0 Å². The number of aliphatic hydroxyl groups is 1. The van der Waals surface area contributed by atoms with E-state index in [1.807, 2.05) is 18.2 Å². The van der Waals surface area contributed by atoms with Crippen molar-refractivity contribution < 1.29 is 19.7 Å². The van der Waals surface area contributed by atoms with Crippen LogP contribution in [0, 0.1) is 5.92 Å². The fourth-order valence-electron chi connectivity index (χ4n) is 4.60. The number of nitrogens with two attached hydrogens (primary N) is 1. The Labute approximate surface area is 228 Å². The number of aromatic nitrogens is 8. The lowest BCUT2D eigenvalue weighted by Crippen LogP contribution is -2.45. The van der Waals surface area contributed by atoms with E-state index in [0.29, 0.717) is 39.7 Å². The van der Waals surface area contributed by atoms with Crippen LogP contribution in [0.5, 0.6) is 0 Å². The minimum absolute atomic E-state index is 0.0000345. The van der Waals surface area contributed by atoms with Crippen molar-refractivity contribution in [2.75, 3.05) is 0 Å². The minimum atomic E-state index is -1.30. The van der Waals surface area contributed by atoms with Crippen LogP contribution in [0.3, 0.4) is 0 Å². The number of allylic oxidation sites excluding steroid dienone is 2. The van der Waals surface area contributed by atoms with Gasteiger partial charge in [0.25, 0.3) is 0 Å². The van der Waals surface area contributed by atoms with Crippen LogP contribution in [-0.4, -0.2) is 62.3 Å². The molecule has 0 aliphatic heterocycles. The van der Waals surface area contributed by atoms with Gasteiger partial charge in [0.1, 0.15) is 24.3 Å². The molecule has 0 saturated carbocycles. The van der Waals surface area contributed by atoms with Gasteiger partial charge in [-0.1, -0.05) is 18.2 Å². The Morgan fingerprint density at radius 1 is 1.07 bits per heavy atom. The second kappa shape index (κ2) is 11.9. The Morgan fingerprint density at radius 2 is 1.90 bits per heavy atom. The molecule has 4 N–H and O–H groups in total. The maximum Gasteiger partial charge on any atom is 0.320 e. The molecule has 0 radical (unpaired) electrons. The molecule has 202 valence electrons. The lowest BCUT2D eigenvalue weighted by atomic mass is 9.71. The standard InChI is InChI=1S/C27H25N9O4/c28-22(26(38)39)11-18-2-1-3-21(23-5-7-29-15-32-23)27(18,24-6-8-30-16-33-24)40-14-19-4-9-31-25(35-19)17-10-20(13-37)36-34-12-17/h1-10,12,15-16,18,22,37H,11,13-14,28H2,(H,38,39). The predicted octanol–water partition coefficient (Wildman–Crippen LogP) is 1.49. The quantitative estimate of drug-likeness (QED) is 0.262. The Balaban J connectivity index is 1.58. The van der Waals surface area contributed by atoms with Crippen LogP contribution in [0.15, 0.2) is 79.9 Å². The molecular formula is C27H25N9O4. The van der Waals surface area contributed by atoms with Crippen LogP contribution < -0.4 is 5.73 Å². The van der Waals surface area contributed by atoms with E-state index in [0.717, 1.165) is 0 Å². The number of aliphatic carboxylic acids is 1. The van der Waals surface area contributed by atoms with Crippen LogP contribution in [0.4, 0.5) is 0 Å². The van der Waals surface area contributed by atoms with Crippen molar-refractivity contribution in [3.05, 3.63) is 103 Å². The lowest BCUT2D eigenvalue weighted by Gasteiger charge is -2.42. The zero-order valence-electron chi connectivity index (χ0n) is 21.1. The van der Waals surface area contributed by atoms with Crippen molar-refractivity contribution in [2.45, 2.75) is 31.3 Å². The van der Waals surface area contributed by atoms with Crippen LogP contribution in [0.2, 0.25) is 0 Å². The van der Waals surface area contributed by atoms with E-state index in [-0.39, 0.29) is 19.6 Å². The first-order valence-corrected chi connectivity index (χ1v) is 12.3. The largest absolute Gasteiger partial charge is 0.480 e. The molecule has 0 aromatic carbocycles. The number of aliphatic hydroxyl groups excluding tert-OH is 1. The molecule has 5 rings (SSSR count). The van der Waals surface area contributed by atoms with Gasteiger partial charge in [0.05, 0.1) is 42.2 Å². The molecule has 13 heteroatoms. The fraction of sp³-hybridized carbons (Fsp3) is 0.222. The highest BCUT2D eigenvalue weighted by Gasteiger charge is 2.48. The highest BCUT2D eigenvalue weighted by Crippen LogP contribution is 2.49. The molecule has 3 unspecified atom stereocenters. The maximum absolute atomic E-state index is 11.8. The van der Waals surface area contributed by atoms with Gasteiger partial charge in [0, 0.05) is 35.6 Å². The van der Waals surface area contributed by atoms with Crippen molar-refractivity contribution in [3.8, 4) is 11.4 Å². The molecule has 0 bridgehead atoms. The third-order valence-corrected chi connectivity index (χ3v) is 6.46. The Kier molecular flexibility index (Phi) is 7.96. The first-order valence-electron chi connectivity index (χ1n) is 12.3. The summed E-state index contributed by atoms with van der Waals surface area (Å²) in [6.07, 6.45) is 14.7. The summed E-state index contributed by atoms with van der Waals surface area (Å²) in [5.41, 5.74) is 7.97. The van der Waals surface area contributed by atoms with Crippen LogP contribution in [-0.2, 0) is 28.3 Å². The summed E-state index contributed by atoms with van der Waals surface area (Å²) in [6.45, 7) is -0.267. The number of rotatable bonds is 10. The van der Waals surface area contributed by atoms with Gasteiger partial charge in [-0.3, -0.25) is 4.79 Å². The number of carboxylic acids is 1. The third-order valence-electron chi connectivity index (χ3n) is 6.46. The Morgan fingerprint density at radius 3 is 2.62 bits per heavy atom. The normalized spacial score (nSPS) is 19.1. The van der Waals surface area contributed by atoms with Crippen molar-refractivity contribution in [1.82, 2.24) is 40.1 Å². The molecule has 40 heavy (non-hydrogen) atoms. The molecule has 1 aliphatic carbocycles. The highest BCUT2D eigenvalue weighted by atomic mass is 16.5. The number of carboxylic acid groups (broad SMARTS) is 1. The minimum Gasteiger partial charge on any atom is -0.480 e. The van der Waals surface area contributed by atoms with Gasteiger partial charge in [-0.05, 0) is 30.7 Å². The molecule has 1 aliphatic rings. The number of carbonyl (C=O) groups is 1. The smallest absolute Gasteiger partial charge is 0.320 e. The van der Waals surface area contributed by atoms with E-state index in [1.165, 1.54) is 18.9 Å². The average molecular weight is 540 g/mol. The molecule has 4 aromatic rings. The van der Waals surface area contributed by atoms with Crippen molar-refractivity contribution >= 4 is 11.5 Å². The van der Waals surface area contributed by atoms with Crippen LogP contribution in [0.1, 0.15) is 29.2 Å². The van der Waals surface area contributed by atoms with E-state index >= 15 is 0 Å². The molecular weight excluding hydrogens is 514 g/mol. The topological polar surface area (TPSA) is 196 Å². The van der Waals surface area contributed by atoms with Gasteiger partial charge < -0.3 is 20.7 Å². The molecule has 0 fully saturated rings. The third kappa shape index (κ3) is 5.47. The number of ether oxygens (including phenoxy) is 1. The maximum atomic E-state index is 11.8. The van der Waals surface area contributed by atoms with Gasteiger partial charge in [-0.25, -0.2) is 29.9 Å². The number of nitrogens with zero attached hydrogens (tertiary/aromatic N) is 8. The number of hydrogen-bond donors (Lipinski definition) is 3. The molecule has 0 saturated heterocycles. The van der Waals surface area contributed by atoms with E-state index in [2.05, 4.69) is 40.1 Å². The Hall–Kier alpha value is -4.85. The molecule has 13 nitrogen and oxygen atoms in total. The summed E-state index contributed by atoms with van der Waals surface area (Å²) in [4.78, 5) is 37.8. The van der Waals surface area contributed by atoms with Gasteiger partial charge in [-0.2, -0.15) is 10.2 Å². The van der Waals surface area contributed by atoms with Crippen LogP contribution in [0.25, 0.3) is 17.0 Å². The Bertz CT molecular complexity index is 1540. The molecule has 3 atom stereocenters. The summed E-state index contributed by atoms with van der Waals surface area (Å²) >= 11 is 0. The summed E-state index contributed by atoms with van der Waals surface area (Å²) < 4.78 is 6.76. The molecule has 4 aromatic heterocycles. The van der Waals surface area contributed by atoms with E-state index in [1.54, 1.807) is 42.9 Å². The lowest BCUT2D eigenvalue weighted by molar-refractivity contribution is -0.139. The van der Waals surface area contributed by atoms with Crippen molar-refractivity contribution in [2.24, 2.45) is 11.7 Å². The summed E-state index contributed by atoms with van der Waals surface area (Å²) in [5.74, 6) is -1.29. The second-order valence-corrected chi connectivity index (χ2v) is 8.93. The zero-order chi connectivity index (χ0) is 28.0. The monoisotopic (exact) mass is 539 g/mol. The SMILES string of the molecule is NC(CC1C=CC=C(c2ccncn2)C1(OCc1ccnc(-c2cnnc(CO)c2)n1)c1ccncn1)C(=O)O. The highest BCUT2D eigenvalue weighted by molar-refractivity contribution is 5.76. The van der Waals surface area contributed by atoms with Crippen LogP contribution >= 0.6 is 0 Å². The second-order valence-electron chi connectivity index (χ2n) is 8.93. The predicted molar refractivity (Wildman–Crippen MR) is 140 cm³/mol. The van der Waals surface area contributed by atoms with Gasteiger partial charge >= 0.3 is 5.97 Å².